The van der Waals surface area contributed by atoms with Crippen LogP contribution in [0.2, 0.25) is 0 Å². The highest BCUT2D eigenvalue weighted by Crippen LogP contribution is 2.45. The maximum atomic E-state index is 13.0. The van der Waals surface area contributed by atoms with Crippen LogP contribution in [0.1, 0.15) is 305 Å². The summed E-state index contributed by atoms with van der Waals surface area (Å²) in [7, 11) is -9.88. The van der Waals surface area contributed by atoms with Gasteiger partial charge in [0.25, 0.3) is 0 Å². The second kappa shape index (κ2) is 54.5. The van der Waals surface area contributed by atoms with Gasteiger partial charge >= 0.3 is 39.5 Å². The normalized spacial score (nSPS) is 14.7. The predicted molar refractivity (Wildman–Crippen MR) is 326 cm³/mol. The molecule has 0 aliphatic carbocycles. The molecule has 0 bridgehead atoms. The molecule has 0 amide bonds. The van der Waals surface area contributed by atoms with Crippen molar-refractivity contribution in [3.63, 3.8) is 0 Å². The molecule has 3 unspecified atom stereocenters. The fourth-order valence-corrected chi connectivity index (χ4v) is 10.9. The number of phosphoric acid groups is 2. The highest BCUT2D eigenvalue weighted by Gasteiger charge is 2.30. The van der Waals surface area contributed by atoms with E-state index in [-0.39, 0.29) is 25.7 Å². The maximum absolute atomic E-state index is 13.0. The third-order valence-electron chi connectivity index (χ3n) is 14.7. The minimum absolute atomic E-state index is 0.102. The van der Waals surface area contributed by atoms with Crippen molar-refractivity contribution in [3.05, 3.63) is 0 Å². The van der Waals surface area contributed by atoms with E-state index >= 15 is 0 Å². The summed E-state index contributed by atoms with van der Waals surface area (Å²) in [5.74, 6) is 0.0484. The van der Waals surface area contributed by atoms with Crippen molar-refractivity contribution >= 4 is 39.5 Å². The van der Waals surface area contributed by atoms with Gasteiger partial charge in [-0.2, -0.15) is 0 Å². The Kier molecular flexibility index (Phi) is 53.2. The van der Waals surface area contributed by atoms with Gasteiger partial charge in [-0.25, -0.2) is 9.13 Å². The van der Waals surface area contributed by atoms with Gasteiger partial charge in [0, 0.05) is 25.7 Å². The summed E-state index contributed by atoms with van der Waals surface area (Å²) in [6.07, 6.45) is 35.0. The molecular weight excluding hydrogens is 1090 g/mol. The number of aliphatic hydroxyl groups excluding tert-OH is 1. The van der Waals surface area contributed by atoms with Crippen LogP contribution >= 0.6 is 15.6 Å². The molecule has 17 nitrogen and oxygen atoms in total. The summed E-state index contributed by atoms with van der Waals surface area (Å²) < 4.78 is 67.9. The average Bonchev–Trinajstić information content (AvgIpc) is 3.44. The molecule has 0 saturated heterocycles. The number of ether oxygens (including phenoxy) is 4. The van der Waals surface area contributed by atoms with E-state index in [4.69, 9.17) is 37.0 Å². The van der Waals surface area contributed by atoms with Crippen LogP contribution in [0.3, 0.4) is 0 Å². The van der Waals surface area contributed by atoms with Crippen molar-refractivity contribution in [3.8, 4) is 0 Å². The number of unbranched alkanes of at least 4 members (excludes halogenated alkanes) is 28. The standard InChI is InChI=1S/C63H122O17P2/c1-8-10-11-12-13-22-30-37-44-60(65)73-51-59(80-63(68)47-40-33-26-25-29-36-43-56(7)9-2)53-78-82(71,72)76-49-57(64)48-75-81(69,70)77-52-58(50-74-61(66)45-38-31-24-19-21-28-35-42-55(5)6)79-62(67)46-39-32-23-18-16-14-15-17-20-27-34-41-54(3)4/h54-59,64H,8-53H2,1-7H3,(H,69,70)(H,71,72)/t56?,57-,58-,59-/m1/s1. The third-order valence-corrected chi connectivity index (χ3v) is 16.6. The Labute approximate surface area is 498 Å². The molecule has 0 fully saturated rings. The Hall–Kier alpha value is -1.94. The van der Waals surface area contributed by atoms with Crippen molar-refractivity contribution in [2.45, 2.75) is 324 Å². The van der Waals surface area contributed by atoms with E-state index in [1.54, 1.807) is 0 Å². The maximum Gasteiger partial charge on any atom is 0.472 e. The molecular formula is C63H122O17P2. The summed E-state index contributed by atoms with van der Waals surface area (Å²) in [6, 6.07) is 0. The highest BCUT2D eigenvalue weighted by atomic mass is 31.2. The lowest BCUT2D eigenvalue weighted by Gasteiger charge is -2.21. The molecule has 0 spiro atoms. The first-order valence-electron chi connectivity index (χ1n) is 32.9. The lowest BCUT2D eigenvalue weighted by atomic mass is 10.00. The van der Waals surface area contributed by atoms with E-state index in [1.807, 2.05) is 0 Å². The second-order valence-corrected chi connectivity index (χ2v) is 26.9. The van der Waals surface area contributed by atoms with Gasteiger partial charge in [0.1, 0.15) is 19.3 Å². The first-order chi connectivity index (χ1) is 39.3. The average molecular weight is 1210 g/mol. The van der Waals surface area contributed by atoms with Crippen LogP contribution in [0.4, 0.5) is 0 Å². The van der Waals surface area contributed by atoms with Gasteiger partial charge in [0.05, 0.1) is 26.4 Å². The highest BCUT2D eigenvalue weighted by molar-refractivity contribution is 7.47. The zero-order valence-electron chi connectivity index (χ0n) is 52.9. The van der Waals surface area contributed by atoms with Gasteiger partial charge in [0.15, 0.2) is 12.2 Å². The molecule has 3 N–H and O–H groups in total. The van der Waals surface area contributed by atoms with Crippen LogP contribution < -0.4 is 0 Å². The van der Waals surface area contributed by atoms with E-state index in [0.29, 0.717) is 31.6 Å². The first-order valence-corrected chi connectivity index (χ1v) is 35.9. The van der Waals surface area contributed by atoms with Crippen molar-refractivity contribution in [2.75, 3.05) is 39.6 Å². The van der Waals surface area contributed by atoms with E-state index < -0.39 is 97.5 Å². The van der Waals surface area contributed by atoms with Crippen LogP contribution in [0.25, 0.3) is 0 Å². The smallest absolute Gasteiger partial charge is 0.462 e. The fourth-order valence-electron chi connectivity index (χ4n) is 9.27. The van der Waals surface area contributed by atoms with Crippen LogP contribution in [0, 0.1) is 17.8 Å². The number of phosphoric ester groups is 2. The molecule has 0 aliphatic rings. The van der Waals surface area contributed by atoms with Crippen LogP contribution in [-0.2, 0) is 65.4 Å². The molecule has 0 rings (SSSR count). The third kappa shape index (κ3) is 55.9. The quantitative estimate of drug-likeness (QED) is 0.0222. The Morgan fingerprint density at radius 2 is 0.622 bits per heavy atom. The molecule has 0 saturated carbocycles. The summed E-state index contributed by atoms with van der Waals surface area (Å²) >= 11 is 0. The Balaban J connectivity index is 5.23. The van der Waals surface area contributed by atoms with Gasteiger partial charge < -0.3 is 33.8 Å². The van der Waals surface area contributed by atoms with Crippen molar-refractivity contribution < 1.29 is 80.2 Å². The van der Waals surface area contributed by atoms with Gasteiger partial charge in [-0.1, -0.05) is 254 Å². The molecule has 486 valence electrons. The zero-order valence-corrected chi connectivity index (χ0v) is 54.7. The molecule has 82 heavy (non-hydrogen) atoms. The van der Waals surface area contributed by atoms with E-state index in [9.17, 15) is 43.2 Å². The van der Waals surface area contributed by atoms with Gasteiger partial charge in [-0.3, -0.25) is 37.3 Å². The monoisotopic (exact) mass is 1210 g/mol. The SMILES string of the molecule is CCCCCCCCCCC(=O)OC[C@H](COP(=O)(O)OC[C@H](O)COP(=O)(O)OC[C@@H](COC(=O)CCCCCCCCCC(C)C)OC(=O)CCCCCCCCCCCCCC(C)C)OC(=O)CCCCCCCCC(C)CC. The molecule has 0 aromatic carbocycles. The lowest BCUT2D eigenvalue weighted by Crippen LogP contribution is -2.30. The molecule has 0 aromatic rings. The lowest BCUT2D eigenvalue weighted by molar-refractivity contribution is -0.161. The van der Waals surface area contributed by atoms with E-state index in [0.717, 1.165) is 115 Å². The van der Waals surface area contributed by atoms with Crippen molar-refractivity contribution in [1.29, 1.82) is 0 Å². The number of hydrogen-bond donors (Lipinski definition) is 3. The van der Waals surface area contributed by atoms with E-state index in [2.05, 4.69) is 48.5 Å². The van der Waals surface area contributed by atoms with Crippen LogP contribution in [-0.4, -0.2) is 96.7 Å². The summed E-state index contributed by atoms with van der Waals surface area (Å²) in [6.45, 7) is 11.7. The number of rotatable bonds is 61. The van der Waals surface area contributed by atoms with Crippen LogP contribution in [0.5, 0.6) is 0 Å². The Morgan fingerprint density at radius 3 is 0.927 bits per heavy atom. The van der Waals surface area contributed by atoms with E-state index in [1.165, 1.54) is 103 Å². The number of carbonyl (C=O) groups is 4. The molecule has 0 aliphatic heterocycles. The summed E-state index contributed by atoms with van der Waals surface area (Å²) in [4.78, 5) is 72.1. The molecule has 6 atom stereocenters. The zero-order chi connectivity index (χ0) is 61.0. The largest absolute Gasteiger partial charge is 0.472 e. The second-order valence-electron chi connectivity index (χ2n) is 24.0. The van der Waals surface area contributed by atoms with Gasteiger partial charge in [-0.05, 0) is 43.4 Å². The van der Waals surface area contributed by atoms with Crippen molar-refractivity contribution in [1.82, 2.24) is 0 Å². The summed E-state index contributed by atoms with van der Waals surface area (Å²) in [5, 5.41) is 10.5. The van der Waals surface area contributed by atoms with Gasteiger partial charge in [-0.15, -0.1) is 0 Å². The molecule has 0 heterocycles. The number of hydrogen-bond acceptors (Lipinski definition) is 15. The van der Waals surface area contributed by atoms with Crippen molar-refractivity contribution in [2.24, 2.45) is 17.8 Å². The molecule has 0 aromatic heterocycles. The number of aliphatic hydroxyl groups is 1. The number of esters is 4. The fraction of sp³-hybridized carbons (Fsp3) is 0.937. The topological polar surface area (TPSA) is 237 Å². The molecule has 19 heteroatoms. The first kappa shape index (κ1) is 80.1. The minimum Gasteiger partial charge on any atom is -0.462 e. The number of carbonyl (C=O) groups excluding carboxylic acids is 4. The van der Waals surface area contributed by atoms with Crippen LogP contribution in [0.15, 0.2) is 0 Å². The predicted octanol–water partition coefficient (Wildman–Crippen LogP) is 17.1. The van der Waals surface area contributed by atoms with Gasteiger partial charge in [0.2, 0.25) is 0 Å². The molecule has 0 radical (unpaired) electrons. The minimum atomic E-state index is -4.94. The Bertz CT molecular complexity index is 1630. The Morgan fingerprint density at radius 1 is 0.354 bits per heavy atom. The summed E-state index contributed by atoms with van der Waals surface area (Å²) in [5.41, 5.74) is 0.